The predicted molar refractivity (Wildman–Crippen MR) is 96.7 cm³/mol. The molecule has 1 aromatic carbocycles. The van der Waals surface area contributed by atoms with Crippen molar-refractivity contribution < 1.29 is 23.9 Å². The molecule has 0 radical (unpaired) electrons. The van der Waals surface area contributed by atoms with Crippen LogP contribution in [0.3, 0.4) is 0 Å². The molecule has 0 bridgehead atoms. The Morgan fingerprint density at radius 2 is 1.85 bits per heavy atom. The highest BCUT2D eigenvalue weighted by atomic mass is 16.5. The van der Waals surface area contributed by atoms with E-state index in [1.54, 1.807) is 24.3 Å². The number of rotatable bonds is 7. The van der Waals surface area contributed by atoms with E-state index >= 15 is 0 Å². The van der Waals surface area contributed by atoms with Gasteiger partial charge in [-0.3, -0.25) is 19.3 Å². The third-order valence-corrected chi connectivity index (χ3v) is 4.89. The van der Waals surface area contributed by atoms with Crippen LogP contribution in [-0.2, 0) is 19.1 Å². The van der Waals surface area contributed by atoms with Crippen molar-refractivity contribution in [2.45, 2.75) is 44.1 Å². The molecule has 1 aromatic rings. The molecule has 2 fully saturated rings. The molecule has 8 heteroatoms. The van der Waals surface area contributed by atoms with E-state index in [1.807, 2.05) is 6.07 Å². The quantitative estimate of drug-likeness (QED) is 0.560. The highest BCUT2D eigenvalue weighted by Gasteiger charge is 2.52. The number of benzene rings is 1. The molecular formula is C19H23N3O5. The van der Waals surface area contributed by atoms with E-state index in [1.165, 1.54) is 4.90 Å². The van der Waals surface area contributed by atoms with E-state index in [9.17, 15) is 19.2 Å². The fraction of sp³-hybridized carbons (Fsp3) is 0.474. The van der Waals surface area contributed by atoms with Crippen LogP contribution in [0.5, 0.6) is 0 Å². The lowest BCUT2D eigenvalue weighted by Crippen LogP contribution is -2.44. The molecule has 1 saturated heterocycles. The van der Waals surface area contributed by atoms with Crippen LogP contribution in [0.25, 0.3) is 0 Å². The number of anilines is 1. The monoisotopic (exact) mass is 373 g/mol. The molecule has 2 N–H and O–H groups in total. The van der Waals surface area contributed by atoms with Gasteiger partial charge in [-0.25, -0.2) is 4.79 Å². The van der Waals surface area contributed by atoms with Gasteiger partial charge in [-0.05, 0) is 31.4 Å². The zero-order valence-electron chi connectivity index (χ0n) is 15.0. The number of nitrogens with zero attached hydrogens (tertiary/aromatic N) is 1. The van der Waals surface area contributed by atoms with Gasteiger partial charge >= 0.3 is 12.0 Å². The summed E-state index contributed by atoms with van der Waals surface area (Å²) in [5, 5.41) is 5.41. The Morgan fingerprint density at radius 1 is 1.15 bits per heavy atom. The van der Waals surface area contributed by atoms with Crippen molar-refractivity contribution in [3.63, 3.8) is 0 Å². The number of hydrogen-bond acceptors (Lipinski definition) is 5. The van der Waals surface area contributed by atoms with E-state index in [4.69, 9.17) is 4.74 Å². The Balaban J connectivity index is 1.36. The van der Waals surface area contributed by atoms with E-state index in [0.717, 1.165) is 12.8 Å². The first-order valence-corrected chi connectivity index (χ1v) is 9.15. The standard InChI is InChI=1S/C19H23N3O5/c23-15(20-14-7-2-1-3-8-14)13-27-16(24)9-6-12-22-17(25)19(21-18(22)26)10-4-5-11-19/h1-3,7-8H,4-6,9-13H2,(H,20,23)(H,21,26). The zero-order valence-corrected chi connectivity index (χ0v) is 15.0. The van der Waals surface area contributed by atoms with Gasteiger partial charge in [0, 0.05) is 18.7 Å². The molecule has 27 heavy (non-hydrogen) atoms. The number of nitrogens with one attached hydrogen (secondary N) is 2. The Kier molecular flexibility index (Phi) is 5.73. The van der Waals surface area contributed by atoms with Crippen LogP contribution in [0.4, 0.5) is 10.5 Å². The number of carbonyl (C=O) groups excluding carboxylic acids is 4. The van der Waals surface area contributed by atoms with Crippen molar-refractivity contribution in [2.75, 3.05) is 18.5 Å². The topological polar surface area (TPSA) is 105 Å². The Hall–Kier alpha value is -2.90. The van der Waals surface area contributed by atoms with Gasteiger partial charge in [-0.1, -0.05) is 31.0 Å². The van der Waals surface area contributed by atoms with E-state index < -0.39 is 23.4 Å². The Morgan fingerprint density at radius 3 is 2.56 bits per heavy atom. The molecule has 1 spiro atoms. The van der Waals surface area contributed by atoms with Gasteiger partial charge in [0.1, 0.15) is 5.54 Å². The fourth-order valence-electron chi connectivity index (χ4n) is 3.51. The first kappa shape index (κ1) is 18.9. The lowest BCUT2D eigenvalue weighted by atomic mass is 9.98. The SMILES string of the molecule is O=C(COC(=O)CCCN1C(=O)NC2(CCCC2)C1=O)Nc1ccccc1. The molecule has 0 unspecified atom stereocenters. The van der Waals surface area contributed by atoms with Gasteiger partial charge in [0.05, 0.1) is 0 Å². The molecule has 1 saturated carbocycles. The molecule has 8 nitrogen and oxygen atoms in total. The van der Waals surface area contributed by atoms with E-state index in [2.05, 4.69) is 10.6 Å². The van der Waals surface area contributed by atoms with Crippen LogP contribution < -0.4 is 10.6 Å². The van der Waals surface area contributed by atoms with Gasteiger partial charge in [-0.15, -0.1) is 0 Å². The van der Waals surface area contributed by atoms with Crippen LogP contribution in [-0.4, -0.2) is 47.4 Å². The van der Waals surface area contributed by atoms with E-state index in [0.29, 0.717) is 24.9 Å². The minimum absolute atomic E-state index is 0.0304. The summed E-state index contributed by atoms with van der Waals surface area (Å²) in [6.07, 6.45) is 3.53. The van der Waals surface area contributed by atoms with Gasteiger partial charge in [0.15, 0.2) is 6.61 Å². The minimum atomic E-state index is -0.729. The average molecular weight is 373 g/mol. The van der Waals surface area contributed by atoms with Crippen LogP contribution in [0.15, 0.2) is 30.3 Å². The number of ether oxygens (including phenoxy) is 1. The van der Waals surface area contributed by atoms with Gasteiger partial charge in [0.2, 0.25) is 0 Å². The van der Waals surface area contributed by atoms with Crippen molar-refractivity contribution >= 4 is 29.5 Å². The second-order valence-corrected chi connectivity index (χ2v) is 6.85. The summed E-state index contributed by atoms with van der Waals surface area (Å²) in [7, 11) is 0. The number of para-hydroxylation sites is 1. The smallest absolute Gasteiger partial charge is 0.325 e. The van der Waals surface area contributed by atoms with Crippen molar-refractivity contribution in [3.8, 4) is 0 Å². The molecule has 3 rings (SSSR count). The van der Waals surface area contributed by atoms with Crippen molar-refractivity contribution in [1.82, 2.24) is 10.2 Å². The van der Waals surface area contributed by atoms with Crippen LogP contribution in [0.2, 0.25) is 0 Å². The molecule has 1 heterocycles. The van der Waals surface area contributed by atoms with Crippen molar-refractivity contribution in [3.05, 3.63) is 30.3 Å². The third kappa shape index (κ3) is 4.45. The number of urea groups is 1. The molecule has 0 aromatic heterocycles. The molecule has 4 amide bonds. The number of amides is 4. The summed E-state index contributed by atoms with van der Waals surface area (Å²) in [6, 6.07) is 8.47. The maximum absolute atomic E-state index is 12.5. The van der Waals surface area contributed by atoms with Crippen molar-refractivity contribution in [1.29, 1.82) is 0 Å². The molecular weight excluding hydrogens is 350 g/mol. The lowest BCUT2D eigenvalue weighted by molar-refractivity contribution is -0.147. The summed E-state index contributed by atoms with van der Waals surface area (Å²) in [4.78, 5) is 49.2. The molecule has 2 aliphatic rings. The summed E-state index contributed by atoms with van der Waals surface area (Å²) in [6.45, 7) is -0.211. The highest BCUT2D eigenvalue weighted by molar-refractivity contribution is 6.07. The summed E-state index contributed by atoms with van der Waals surface area (Å²) < 4.78 is 4.93. The number of esters is 1. The van der Waals surface area contributed by atoms with Crippen LogP contribution >= 0.6 is 0 Å². The molecule has 1 aliphatic heterocycles. The molecule has 144 valence electrons. The maximum atomic E-state index is 12.5. The predicted octanol–water partition coefficient (Wildman–Crippen LogP) is 1.81. The lowest BCUT2D eigenvalue weighted by Gasteiger charge is -2.19. The second-order valence-electron chi connectivity index (χ2n) is 6.85. The normalized spacial score (nSPS) is 17.9. The summed E-state index contributed by atoms with van der Waals surface area (Å²) in [5.74, 6) is -1.16. The molecule has 1 aliphatic carbocycles. The highest BCUT2D eigenvalue weighted by Crippen LogP contribution is 2.35. The van der Waals surface area contributed by atoms with Crippen LogP contribution in [0, 0.1) is 0 Å². The van der Waals surface area contributed by atoms with Crippen LogP contribution in [0.1, 0.15) is 38.5 Å². The average Bonchev–Trinajstić information content (AvgIpc) is 3.21. The third-order valence-electron chi connectivity index (χ3n) is 4.89. The second kappa shape index (κ2) is 8.20. The van der Waals surface area contributed by atoms with Gasteiger partial charge in [0.25, 0.3) is 11.8 Å². The zero-order chi connectivity index (χ0) is 19.3. The fourth-order valence-corrected chi connectivity index (χ4v) is 3.51. The summed E-state index contributed by atoms with van der Waals surface area (Å²) >= 11 is 0. The first-order chi connectivity index (χ1) is 13.0. The number of imide groups is 1. The number of hydrogen-bond donors (Lipinski definition) is 2. The maximum Gasteiger partial charge on any atom is 0.325 e. The van der Waals surface area contributed by atoms with Gasteiger partial charge in [-0.2, -0.15) is 0 Å². The van der Waals surface area contributed by atoms with E-state index in [-0.39, 0.29) is 25.5 Å². The van der Waals surface area contributed by atoms with Crippen molar-refractivity contribution in [2.24, 2.45) is 0 Å². The molecule has 0 atom stereocenters. The first-order valence-electron chi connectivity index (χ1n) is 9.15. The Bertz CT molecular complexity index is 728. The Labute approximate surface area is 157 Å². The number of carbonyl (C=O) groups is 4. The minimum Gasteiger partial charge on any atom is -0.456 e. The van der Waals surface area contributed by atoms with Gasteiger partial charge < -0.3 is 15.4 Å². The summed E-state index contributed by atoms with van der Waals surface area (Å²) in [5.41, 5.74) is -0.106. The largest absolute Gasteiger partial charge is 0.456 e.